The van der Waals surface area contributed by atoms with Crippen LogP contribution in [0.25, 0.3) is 0 Å². The summed E-state index contributed by atoms with van der Waals surface area (Å²) in [6.07, 6.45) is 1.44. The summed E-state index contributed by atoms with van der Waals surface area (Å²) in [6, 6.07) is 2.22. The van der Waals surface area contributed by atoms with Gasteiger partial charge in [0.25, 0.3) is 10.0 Å². The van der Waals surface area contributed by atoms with Gasteiger partial charge in [-0.15, -0.1) is 11.3 Å². The molecule has 0 unspecified atom stereocenters. The zero-order valence-electron chi connectivity index (χ0n) is 12.1. The highest BCUT2D eigenvalue weighted by Gasteiger charge is 2.40. The number of hydrogen-bond acceptors (Lipinski definition) is 5. The first-order chi connectivity index (χ1) is 10.3. The van der Waals surface area contributed by atoms with Gasteiger partial charge >= 0.3 is 5.97 Å². The third-order valence-electron chi connectivity index (χ3n) is 3.43. The minimum absolute atomic E-state index is 0.134. The van der Waals surface area contributed by atoms with E-state index in [1.807, 2.05) is 0 Å². The molecule has 0 spiro atoms. The lowest BCUT2D eigenvalue weighted by Gasteiger charge is -2.19. The first-order valence-corrected chi connectivity index (χ1v) is 9.16. The maximum atomic E-state index is 12.5. The lowest BCUT2D eigenvalue weighted by molar-refractivity contribution is -0.140. The minimum Gasteiger partial charge on any atom is -0.480 e. The van der Waals surface area contributed by atoms with Gasteiger partial charge in [0.2, 0.25) is 5.91 Å². The summed E-state index contributed by atoms with van der Waals surface area (Å²) in [5.74, 6) is -1.24. The number of sulfonamides is 1. The number of carboxylic acids is 1. The number of carbonyl (C=O) groups is 2. The third kappa shape index (κ3) is 3.65. The third-order valence-corrected chi connectivity index (χ3v) is 6.95. The van der Waals surface area contributed by atoms with Crippen molar-refractivity contribution in [1.29, 1.82) is 0 Å². The number of amides is 1. The number of hydrogen-bond donors (Lipinski definition) is 2. The fraction of sp³-hybridized carbons (Fsp3) is 0.538. The molecule has 0 bridgehead atoms. The summed E-state index contributed by atoms with van der Waals surface area (Å²) in [7, 11) is -3.77. The number of nitrogens with one attached hydrogen (secondary N) is 1. The molecule has 7 nitrogen and oxygen atoms in total. The van der Waals surface area contributed by atoms with Crippen molar-refractivity contribution in [2.75, 3.05) is 13.1 Å². The molecule has 1 aromatic rings. The summed E-state index contributed by atoms with van der Waals surface area (Å²) in [5.41, 5.74) is 0. The Hall–Kier alpha value is -1.45. The molecular formula is C13H18N2O5S2. The van der Waals surface area contributed by atoms with Crippen LogP contribution in [0.5, 0.6) is 0 Å². The van der Waals surface area contributed by atoms with Crippen LogP contribution in [-0.4, -0.2) is 48.8 Å². The average Bonchev–Trinajstić information content (AvgIpc) is 3.07. The van der Waals surface area contributed by atoms with E-state index < -0.39 is 22.0 Å². The summed E-state index contributed by atoms with van der Waals surface area (Å²) < 4.78 is 26.3. The minimum atomic E-state index is -3.77. The van der Waals surface area contributed by atoms with Gasteiger partial charge in [0.1, 0.15) is 10.3 Å². The molecule has 0 aromatic carbocycles. The molecule has 2 rings (SSSR count). The van der Waals surface area contributed by atoms with E-state index >= 15 is 0 Å². The molecule has 1 atom stereocenters. The van der Waals surface area contributed by atoms with E-state index in [9.17, 15) is 18.0 Å². The molecule has 1 aliphatic rings. The summed E-state index contributed by atoms with van der Waals surface area (Å²) in [4.78, 5) is 22.8. The molecule has 9 heteroatoms. The predicted octanol–water partition coefficient (Wildman–Crippen LogP) is 0.664. The standard InChI is InChI=1S/C13H18N2O5S2/c1-9(16)14-7-6-10-4-5-12(21-10)22(19,20)15-8-2-3-11(15)13(17)18/h4-5,11H,2-3,6-8H2,1H3,(H,14,16)(H,17,18)/t11-/m0/s1. The Morgan fingerprint density at radius 1 is 1.45 bits per heavy atom. The van der Waals surface area contributed by atoms with Crippen molar-refractivity contribution >= 4 is 33.2 Å². The fourth-order valence-electron chi connectivity index (χ4n) is 2.38. The predicted molar refractivity (Wildman–Crippen MR) is 81.3 cm³/mol. The van der Waals surface area contributed by atoms with Crippen LogP contribution in [0.4, 0.5) is 0 Å². The molecule has 22 heavy (non-hydrogen) atoms. The summed E-state index contributed by atoms with van der Waals surface area (Å²) in [5, 5.41) is 11.8. The molecule has 2 heterocycles. The van der Waals surface area contributed by atoms with Gasteiger partial charge in [-0.2, -0.15) is 4.31 Å². The van der Waals surface area contributed by atoms with Gasteiger partial charge in [-0.05, 0) is 31.4 Å². The van der Waals surface area contributed by atoms with Crippen LogP contribution in [0.15, 0.2) is 16.3 Å². The number of nitrogens with zero attached hydrogens (tertiary/aromatic N) is 1. The summed E-state index contributed by atoms with van der Waals surface area (Å²) >= 11 is 1.12. The zero-order chi connectivity index (χ0) is 16.3. The van der Waals surface area contributed by atoms with Crippen LogP contribution in [0.2, 0.25) is 0 Å². The van der Waals surface area contributed by atoms with Crippen molar-refractivity contribution in [3.05, 3.63) is 17.0 Å². The van der Waals surface area contributed by atoms with Crippen LogP contribution < -0.4 is 5.32 Å². The number of rotatable bonds is 6. The van der Waals surface area contributed by atoms with Crippen molar-refractivity contribution in [2.45, 2.75) is 36.4 Å². The fourth-order valence-corrected chi connectivity index (χ4v) is 5.52. The van der Waals surface area contributed by atoms with Crippen LogP contribution in [0, 0.1) is 0 Å². The second kappa shape index (κ2) is 6.76. The van der Waals surface area contributed by atoms with Gasteiger partial charge in [-0.25, -0.2) is 8.42 Å². The molecule has 0 saturated carbocycles. The van der Waals surface area contributed by atoms with E-state index in [1.165, 1.54) is 13.0 Å². The Bertz CT molecular complexity index is 668. The zero-order valence-corrected chi connectivity index (χ0v) is 13.7. The molecule has 122 valence electrons. The molecule has 1 aliphatic heterocycles. The van der Waals surface area contributed by atoms with Gasteiger partial charge in [0.05, 0.1) is 0 Å². The molecular weight excluding hydrogens is 328 g/mol. The second-order valence-electron chi connectivity index (χ2n) is 5.07. The Kier molecular flexibility index (Phi) is 5.20. The topological polar surface area (TPSA) is 104 Å². The normalized spacial score (nSPS) is 19.2. The van der Waals surface area contributed by atoms with Gasteiger partial charge < -0.3 is 10.4 Å². The Balaban J connectivity index is 2.11. The highest BCUT2D eigenvalue weighted by Crippen LogP contribution is 2.30. The van der Waals surface area contributed by atoms with E-state index in [0.717, 1.165) is 20.5 Å². The molecule has 1 amide bonds. The number of thiophene rings is 1. The van der Waals surface area contributed by atoms with Gasteiger partial charge in [0.15, 0.2) is 0 Å². The van der Waals surface area contributed by atoms with Gasteiger partial charge in [-0.1, -0.05) is 0 Å². The summed E-state index contributed by atoms with van der Waals surface area (Å²) in [6.45, 7) is 2.10. The molecule has 0 aliphatic carbocycles. The SMILES string of the molecule is CC(=O)NCCc1ccc(S(=O)(=O)N2CCC[C@H]2C(=O)O)s1. The maximum Gasteiger partial charge on any atom is 0.322 e. The number of carbonyl (C=O) groups excluding carboxylic acids is 1. The number of aliphatic carboxylic acids is 1. The largest absolute Gasteiger partial charge is 0.480 e. The van der Waals surface area contributed by atoms with E-state index in [4.69, 9.17) is 5.11 Å². The van der Waals surface area contributed by atoms with E-state index in [-0.39, 0.29) is 16.7 Å². The monoisotopic (exact) mass is 346 g/mol. The Morgan fingerprint density at radius 2 is 2.18 bits per heavy atom. The van der Waals surface area contributed by atoms with Crippen molar-refractivity contribution < 1.29 is 23.1 Å². The van der Waals surface area contributed by atoms with Gasteiger partial charge in [-0.3, -0.25) is 9.59 Å². The van der Waals surface area contributed by atoms with Gasteiger partial charge in [0, 0.05) is 24.9 Å². The highest BCUT2D eigenvalue weighted by molar-refractivity contribution is 7.91. The Morgan fingerprint density at radius 3 is 2.82 bits per heavy atom. The highest BCUT2D eigenvalue weighted by atomic mass is 32.2. The lowest BCUT2D eigenvalue weighted by Crippen LogP contribution is -2.40. The second-order valence-corrected chi connectivity index (χ2v) is 8.35. The van der Waals surface area contributed by atoms with E-state index in [0.29, 0.717) is 25.8 Å². The van der Waals surface area contributed by atoms with Crippen LogP contribution in [0.1, 0.15) is 24.6 Å². The van der Waals surface area contributed by atoms with Crippen molar-refractivity contribution in [1.82, 2.24) is 9.62 Å². The molecule has 1 fully saturated rings. The molecule has 1 aromatic heterocycles. The van der Waals surface area contributed by atoms with Crippen molar-refractivity contribution in [3.63, 3.8) is 0 Å². The van der Waals surface area contributed by atoms with E-state index in [1.54, 1.807) is 6.07 Å². The first kappa shape index (κ1) is 16.9. The van der Waals surface area contributed by atoms with Crippen LogP contribution >= 0.6 is 11.3 Å². The molecule has 2 N–H and O–H groups in total. The first-order valence-electron chi connectivity index (χ1n) is 6.90. The van der Waals surface area contributed by atoms with E-state index in [2.05, 4.69) is 5.32 Å². The molecule has 1 saturated heterocycles. The maximum absolute atomic E-state index is 12.5. The number of carboxylic acid groups (broad SMARTS) is 1. The van der Waals surface area contributed by atoms with Crippen LogP contribution in [0.3, 0.4) is 0 Å². The van der Waals surface area contributed by atoms with Crippen molar-refractivity contribution in [2.24, 2.45) is 0 Å². The average molecular weight is 346 g/mol. The quantitative estimate of drug-likeness (QED) is 0.788. The van der Waals surface area contributed by atoms with Crippen molar-refractivity contribution in [3.8, 4) is 0 Å². The lowest BCUT2D eigenvalue weighted by atomic mass is 10.2. The smallest absolute Gasteiger partial charge is 0.322 e. The molecule has 0 radical (unpaired) electrons. The van der Waals surface area contributed by atoms with Crippen LogP contribution in [-0.2, 0) is 26.0 Å². The Labute approximate surface area is 133 Å².